The van der Waals surface area contributed by atoms with Gasteiger partial charge >= 0.3 is 6.18 Å². The van der Waals surface area contributed by atoms with Crippen LogP contribution < -0.4 is 0 Å². The van der Waals surface area contributed by atoms with Crippen molar-refractivity contribution in [2.75, 3.05) is 6.54 Å². The highest BCUT2D eigenvalue weighted by molar-refractivity contribution is 6.06. The molecular formula is C12H12F3N. The Bertz CT molecular complexity index is 444. The maximum absolute atomic E-state index is 12.7. The quantitative estimate of drug-likeness (QED) is 0.644. The van der Waals surface area contributed by atoms with Crippen molar-refractivity contribution in [1.82, 2.24) is 0 Å². The SMILES string of the molecule is CC1(C)CN=C(C(F)(F)F)c2ccccc21. The van der Waals surface area contributed by atoms with Crippen molar-refractivity contribution in [3.63, 3.8) is 0 Å². The molecule has 0 bridgehead atoms. The van der Waals surface area contributed by atoms with Crippen LogP contribution in [0.3, 0.4) is 0 Å². The summed E-state index contributed by atoms with van der Waals surface area (Å²) in [5, 5.41) is 0. The molecule has 1 nitrogen and oxygen atoms in total. The van der Waals surface area contributed by atoms with Gasteiger partial charge in [-0.25, -0.2) is 0 Å². The minimum Gasteiger partial charge on any atom is -0.279 e. The number of hydrogen-bond donors (Lipinski definition) is 0. The summed E-state index contributed by atoms with van der Waals surface area (Å²) in [6, 6.07) is 6.61. The molecule has 1 aromatic rings. The van der Waals surface area contributed by atoms with Gasteiger partial charge in [-0.3, -0.25) is 4.99 Å². The Morgan fingerprint density at radius 3 is 2.44 bits per heavy atom. The van der Waals surface area contributed by atoms with Crippen LogP contribution in [-0.4, -0.2) is 18.4 Å². The number of rotatable bonds is 0. The predicted octanol–water partition coefficient (Wildman–Crippen LogP) is 3.33. The molecule has 0 fully saturated rings. The van der Waals surface area contributed by atoms with Gasteiger partial charge in [0.1, 0.15) is 5.71 Å². The molecular weight excluding hydrogens is 215 g/mol. The summed E-state index contributed by atoms with van der Waals surface area (Å²) in [7, 11) is 0. The van der Waals surface area contributed by atoms with Crippen molar-refractivity contribution in [3.05, 3.63) is 35.4 Å². The lowest BCUT2D eigenvalue weighted by atomic mass is 9.78. The molecule has 0 saturated heterocycles. The zero-order valence-corrected chi connectivity index (χ0v) is 9.10. The first kappa shape index (κ1) is 11.2. The van der Waals surface area contributed by atoms with E-state index in [1.54, 1.807) is 18.2 Å². The Morgan fingerprint density at radius 2 is 1.81 bits per heavy atom. The zero-order valence-electron chi connectivity index (χ0n) is 9.10. The van der Waals surface area contributed by atoms with Gasteiger partial charge in [-0.15, -0.1) is 0 Å². The molecule has 0 saturated carbocycles. The molecule has 0 radical (unpaired) electrons. The number of nitrogens with zero attached hydrogens (tertiary/aromatic N) is 1. The Kier molecular flexibility index (Phi) is 2.33. The van der Waals surface area contributed by atoms with E-state index >= 15 is 0 Å². The Balaban J connectivity index is 2.61. The van der Waals surface area contributed by atoms with Crippen LogP contribution in [0.4, 0.5) is 13.2 Å². The third-order valence-corrected chi connectivity index (χ3v) is 2.81. The fraction of sp³-hybridized carbons (Fsp3) is 0.417. The molecule has 86 valence electrons. The van der Waals surface area contributed by atoms with E-state index in [2.05, 4.69) is 4.99 Å². The highest BCUT2D eigenvalue weighted by atomic mass is 19.4. The van der Waals surface area contributed by atoms with E-state index in [4.69, 9.17) is 0 Å². The van der Waals surface area contributed by atoms with Gasteiger partial charge in [0.05, 0.1) is 0 Å². The molecule has 0 amide bonds. The van der Waals surface area contributed by atoms with Crippen molar-refractivity contribution in [1.29, 1.82) is 0 Å². The number of benzene rings is 1. The van der Waals surface area contributed by atoms with Crippen LogP contribution in [0.15, 0.2) is 29.3 Å². The zero-order chi connectivity index (χ0) is 12.0. The van der Waals surface area contributed by atoms with Crippen LogP contribution in [0, 0.1) is 0 Å². The van der Waals surface area contributed by atoms with E-state index in [1.807, 2.05) is 13.8 Å². The Labute approximate surface area is 92.0 Å². The van der Waals surface area contributed by atoms with E-state index in [0.29, 0.717) is 0 Å². The number of aliphatic imine (C=N–C) groups is 1. The van der Waals surface area contributed by atoms with Crippen LogP contribution in [0.2, 0.25) is 0 Å². The monoisotopic (exact) mass is 227 g/mol. The molecule has 1 heterocycles. The average Bonchev–Trinajstić information content (AvgIpc) is 2.16. The minimum atomic E-state index is -4.37. The smallest absolute Gasteiger partial charge is 0.279 e. The highest BCUT2D eigenvalue weighted by Gasteiger charge is 2.42. The second-order valence-electron chi connectivity index (χ2n) is 4.59. The van der Waals surface area contributed by atoms with Crippen molar-refractivity contribution < 1.29 is 13.2 Å². The summed E-state index contributed by atoms with van der Waals surface area (Å²) >= 11 is 0. The van der Waals surface area contributed by atoms with Crippen molar-refractivity contribution in [3.8, 4) is 0 Å². The van der Waals surface area contributed by atoms with Gasteiger partial charge in [0, 0.05) is 17.5 Å². The van der Waals surface area contributed by atoms with Crippen LogP contribution in [0.5, 0.6) is 0 Å². The third kappa shape index (κ3) is 1.72. The minimum absolute atomic E-state index is 0.179. The lowest BCUT2D eigenvalue weighted by Gasteiger charge is -2.31. The third-order valence-electron chi connectivity index (χ3n) is 2.81. The fourth-order valence-corrected chi connectivity index (χ4v) is 1.97. The van der Waals surface area contributed by atoms with Crippen molar-refractivity contribution in [2.45, 2.75) is 25.4 Å². The fourth-order valence-electron chi connectivity index (χ4n) is 1.97. The Morgan fingerprint density at radius 1 is 1.19 bits per heavy atom. The molecule has 0 atom stereocenters. The maximum Gasteiger partial charge on any atom is 0.433 e. The molecule has 0 aliphatic carbocycles. The molecule has 0 aromatic heterocycles. The van der Waals surface area contributed by atoms with E-state index in [9.17, 15) is 13.2 Å². The lowest BCUT2D eigenvalue weighted by molar-refractivity contribution is -0.0586. The summed E-state index contributed by atoms with van der Waals surface area (Å²) in [4.78, 5) is 3.69. The van der Waals surface area contributed by atoms with Gasteiger partial charge in [0.25, 0.3) is 0 Å². The number of halogens is 3. The maximum atomic E-state index is 12.7. The normalized spacial score (nSPS) is 18.9. The second kappa shape index (κ2) is 3.34. The van der Waals surface area contributed by atoms with Crippen LogP contribution >= 0.6 is 0 Å². The molecule has 0 unspecified atom stereocenters. The molecule has 0 N–H and O–H groups in total. The molecule has 1 aromatic carbocycles. The molecule has 1 aliphatic heterocycles. The lowest BCUT2D eigenvalue weighted by Crippen LogP contribution is -2.35. The van der Waals surface area contributed by atoms with Crippen molar-refractivity contribution >= 4 is 5.71 Å². The van der Waals surface area contributed by atoms with Gasteiger partial charge in [-0.1, -0.05) is 38.1 Å². The second-order valence-corrected chi connectivity index (χ2v) is 4.59. The number of fused-ring (bicyclic) bond motifs is 1. The molecule has 16 heavy (non-hydrogen) atoms. The van der Waals surface area contributed by atoms with Crippen LogP contribution in [0.1, 0.15) is 25.0 Å². The summed E-state index contributed by atoms with van der Waals surface area (Å²) in [5.41, 5.74) is -0.142. The van der Waals surface area contributed by atoms with Gasteiger partial charge in [-0.2, -0.15) is 13.2 Å². The van der Waals surface area contributed by atoms with E-state index < -0.39 is 11.9 Å². The molecule has 4 heteroatoms. The highest BCUT2D eigenvalue weighted by Crippen LogP contribution is 2.35. The Hall–Kier alpha value is -1.32. The predicted molar refractivity (Wildman–Crippen MR) is 56.9 cm³/mol. The average molecular weight is 227 g/mol. The molecule has 0 spiro atoms. The number of hydrogen-bond acceptors (Lipinski definition) is 1. The topological polar surface area (TPSA) is 12.4 Å². The molecule has 1 aliphatic rings. The van der Waals surface area contributed by atoms with Crippen LogP contribution in [-0.2, 0) is 5.41 Å². The van der Waals surface area contributed by atoms with E-state index in [0.717, 1.165) is 5.56 Å². The first-order chi connectivity index (χ1) is 7.32. The van der Waals surface area contributed by atoms with Crippen LogP contribution in [0.25, 0.3) is 0 Å². The first-order valence-corrected chi connectivity index (χ1v) is 5.04. The van der Waals surface area contributed by atoms with Gasteiger partial charge < -0.3 is 0 Å². The molecule has 2 rings (SSSR count). The summed E-state index contributed by atoms with van der Waals surface area (Å²) in [5.74, 6) is 0. The standard InChI is InChI=1S/C12H12F3N/c1-11(2)7-16-10(12(13,14)15)8-5-3-4-6-9(8)11/h3-6H,7H2,1-2H3. The summed E-state index contributed by atoms with van der Waals surface area (Å²) in [6.07, 6.45) is -4.37. The van der Waals surface area contributed by atoms with E-state index in [1.165, 1.54) is 6.07 Å². The van der Waals surface area contributed by atoms with Crippen molar-refractivity contribution in [2.24, 2.45) is 4.99 Å². The summed E-state index contributed by atoms with van der Waals surface area (Å²) < 4.78 is 38.2. The first-order valence-electron chi connectivity index (χ1n) is 5.04. The van der Waals surface area contributed by atoms with Gasteiger partial charge in [-0.05, 0) is 5.56 Å². The van der Waals surface area contributed by atoms with Gasteiger partial charge in [0.2, 0.25) is 0 Å². The van der Waals surface area contributed by atoms with Gasteiger partial charge in [0.15, 0.2) is 0 Å². The number of alkyl halides is 3. The van der Waals surface area contributed by atoms with E-state index in [-0.39, 0.29) is 17.5 Å². The largest absolute Gasteiger partial charge is 0.433 e. The summed E-state index contributed by atoms with van der Waals surface area (Å²) in [6.45, 7) is 3.99.